The third-order valence-electron chi connectivity index (χ3n) is 0.959. The van der Waals surface area contributed by atoms with Gasteiger partial charge in [0.05, 0.1) is 11.2 Å². The molecule has 1 aromatic heterocycles. The number of hydrogen-bond acceptors (Lipinski definition) is 1. The predicted octanol–water partition coefficient (Wildman–Crippen LogP) is 0.721. The van der Waals surface area contributed by atoms with Crippen molar-refractivity contribution in [2.45, 2.75) is 0 Å². The molecule has 1 aromatic rings. The molecule has 2 nitrogen and oxygen atoms in total. The molecule has 0 saturated heterocycles. The van der Waals surface area contributed by atoms with Crippen molar-refractivity contribution in [2.75, 3.05) is 0 Å². The van der Waals surface area contributed by atoms with Crippen LogP contribution in [0.3, 0.4) is 0 Å². The molecule has 0 unspecified atom stereocenters. The molecule has 0 aliphatic carbocycles. The molecule has 0 amide bonds. The topological polar surface area (TPSA) is 29.5 Å². The Kier molecular flexibility index (Phi) is 2.03. The fourth-order valence-corrected chi connectivity index (χ4v) is 0.620. The number of nitrogens with two attached hydrogens (primary N) is 1. The van der Waals surface area contributed by atoms with Gasteiger partial charge in [-0.1, -0.05) is 11.6 Å². The number of quaternary nitrogens is 1. The number of pyridine rings is 1. The second-order valence-electron chi connectivity index (χ2n) is 1.61. The molecule has 0 atom stereocenters. The van der Waals surface area contributed by atoms with Gasteiger partial charge in [0, 0.05) is 6.07 Å². The number of rotatable bonds is 1. The van der Waals surface area contributed by atoms with Crippen LogP contribution in [0.5, 0.6) is 0 Å². The van der Waals surface area contributed by atoms with Gasteiger partial charge in [0.2, 0.25) is 0 Å². The number of hydrogen-bond donors (Lipinski definition) is 1. The van der Waals surface area contributed by atoms with E-state index in [9.17, 15) is 0 Å². The fourth-order valence-electron chi connectivity index (χ4n) is 0.508. The van der Waals surface area contributed by atoms with Gasteiger partial charge < -0.3 is 5.32 Å². The highest BCUT2D eigenvalue weighted by Gasteiger charge is 1.88. The fraction of sp³-hybridized carbons (Fsp3) is 0. The first-order chi connectivity index (χ1) is 4.33. The average Bonchev–Trinajstić information content (AvgIpc) is 1.90. The van der Waals surface area contributed by atoms with Gasteiger partial charge in [0.25, 0.3) is 0 Å². The lowest BCUT2D eigenvalue weighted by atomic mass is 10.5. The summed E-state index contributed by atoms with van der Waals surface area (Å²) in [5.41, 5.74) is 0. The van der Waals surface area contributed by atoms with Gasteiger partial charge in [0.15, 0.2) is 5.82 Å². The van der Waals surface area contributed by atoms with Crippen LogP contribution in [0.1, 0.15) is 0 Å². The maximum Gasteiger partial charge on any atom is 0.197 e. The van der Waals surface area contributed by atoms with Crippen LogP contribution in [0.15, 0.2) is 18.3 Å². The van der Waals surface area contributed by atoms with E-state index in [2.05, 4.69) is 12.0 Å². The van der Waals surface area contributed by atoms with Crippen molar-refractivity contribution < 1.29 is 5.32 Å². The third-order valence-corrected chi connectivity index (χ3v) is 1.18. The minimum absolute atomic E-state index is 0.653. The van der Waals surface area contributed by atoms with E-state index in [0.717, 1.165) is 5.82 Å². The van der Waals surface area contributed by atoms with Crippen LogP contribution in [0, 0.1) is 7.05 Å². The molecule has 2 N–H and O–H groups in total. The molecular weight excluding hydrogens is 136 g/mol. The summed E-state index contributed by atoms with van der Waals surface area (Å²) in [6.45, 7) is 0. The van der Waals surface area contributed by atoms with Gasteiger partial charge in [-0.25, -0.2) is 4.98 Å². The smallest absolute Gasteiger partial charge is 0.197 e. The van der Waals surface area contributed by atoms with E-state index in [-0.39, 0.29) is 0 Å². The summed E-state index contributed by atoms with van der Waals surface area (Å²) in [4.78, 5) is 3.95. The Labute approximate surface area is 58.9 Å². The zero-order valence-electron chi connectivity index (χ0n) is 4.84. The molecule has 0 aliphatic heterocycles. The lowest BCUT2D eigenvalue weighted by molar-refractivity contribution is -0.508. The van der Waals surface area contributed by atoms with Crippen molar-refractivity contribution in [3.63, 3.8) is 0 Å². The highest BCUT2D eigenvalue weighted by molar-refractivity contribution is 6.30. The summed E-state index contributed by atoms with van der Waals surface area (Å²) in [6.07, 6.45) is 1.60. The third kappa shape index (κ3) is 1.66. The Morgan fingerprint density at radius 2 is 2.33 bits per heavy atom. The molecular formula is C6H7ClN2. The predicted molar refractivity (Wildman–Crippen MR) is 36.2 cm³/mol. The average molecular weight is 143 g/mol. The van der Waals surface area contributed by atoms with Crippen molar-refractivity contribution >= 4 is 17.4 Å². The maximum absolute atomic E-state index is 5.57. The number of nitrogens with zero attached hydrogens (tertiary/aromatic N) is 1. The van der Waals surface area contributed by atoms with Crippen LogP contribution in [0.2, 0.25) is 5.02 Å². The normalized spacial score (nSPS) is 9.56. The monoisotopic (exact) mass is 142 g/mol. The number of aromatic nitrogens is 1. The molecule has 9 heavy (non-hydrogen) atoms. The van der Waals surface area contributed by atoms with E-state index < -0.39 is 0 Å². The molecule has 3 heteroatoms. The minimum Gasteiger partial charge on any atom is -0.429 e. The largest absolute Gasteiger partial charge is 0.429 e. The van der Waals surface area contributed by atoms with Crippen LogP contribution in [-0.2, 0) is 0 Å². The summed E-state index contributed by atoms with van der Waals surface area (Å²) < 4.78 is 0. The Morgan fingerprint density at radius 1 is 1.56 bits per heavy atom. The van der Waals surface area contributed by atoms with E-state index in [4.69, 9.17) is 11.6 Å². The molecule has 48 valence electrons. The van der Waals surface area contributed by atoms with E-state index in [0.29, 0.717) is 5.02 Å². The summed E-state index contributed by atoms with van der Waals surface area (Å²) in [5.74, 6) is 0.847. The second-order valence-corrected chi connectivity index (χ2v) is 2.04. The van der Waals surface area contributed by atoms with Gasteiger partial charge in [-0.3, -0.25) is 0 Å². The van der Waals surface area contributed by atoms with Crippen LogP contribution < -0.4 is 5.32 Å². The molecule has 0 fully saturated rings. The second kappa shape index (κ2) is 2.80. The Morgan fingerprint density at radius 3 is 2.78 bits per heavy atom. The molecule has 0 saturated carbocycles. The van der Waals surface area contributed by atoms with Crippen molar-refractivity contribution in [3.05, 3.63) is 30.4 Å². The standard InChI is InChI=1S/C6H7ClN2/c1-8-6-3-2-5(7)4-9-6/h2-4H,1,8H2. The van der Waals surface area contributed by atoms with Crippen molar-refractivity contribution in [1.29, 1.82) is 0 Å². The Balaban J connectivity index is 2.88. The molecule has 0 radical (unpaired) electrons. The van der Waals surface area contributed by atoms with E-state index in [1.54, 1.807) is 17.6 Å². The molecule has 0 spiro atoms. The summed E-state index contributed by atoms with van der Waals surface area (Å²) in [7, 11) is 3.56. The van der Waals surface area contributed by atoms with Crippen molar-refractivity contribution in [1.82, 2.24) is 4.98 Å². The maximum atomic E-state index is 5.57. The highest BCUT2D eigenvalue weighted by atomic mass is 35.5. The lowest BCUT2D eigenvalue weighted by Gasteiger charge is -1.94. The zero-order chi connectivity index (χ0) is 6.69. The van der Waals surface area contributed by atoms with Gasteiger partial charge in [-0.15, -0.1) is 7.05 Å². The molecule has 0 aromatic carbocycles. The Hall–Kier alpha value is -0.600. The minimum atomic E-state index is 0.653. The van der Waals surface area contributed by atoms with Crippen LogP contribution in [-0.4, -0.2) is 4.98 Å². The van der Waals surface area contributed by atoms with Crippen molar-refractivity contribution in [3.8, 4) is 0 Å². The Bertz CT molecular complexity index is 183. The van der Waals surface area contributed by atoms with Gasteiger partial charge in [-0.05, 0) is 6.07 Å². The SMILES string of the molecule is [CH2-][NH2+]c1ccc(Cl)cn1. The van der Waals surface area contributed by atoms with Gasteiger partial charge in [0.1, 0.15) is 0 Å². The summed E-state index contributed by atoms with van der Waals surface area (Å²) >= 11 is 5.57. The first kappa shape index (κ1) is 6.52. The zero-order valence-corrected chi connectivity index (χ0v) is 5.60. The van der Waals surface area contributed by atoms with Gasteiger partial charge in [-0.2, -0.15) is 0 Å². The quantitative estimate of drug-likeness (QED) is 0.576. The molecule has 1 rings (SSSR count). The van der Waals surface area contributed by atoms with E-state index in [1.165, 1.54) is 0 Å². The van der Waals surface area contributed by atoms with E-state index >= 15 is 0 Å². The van der Waals surface area contributed by atoms with Crippen LogP contribution >= 0.6 is 11.6 Å². The first-order valence-electron chi connectivity index (χ1n) is 2.57. The lowest BCUT2D eigenvalue weighted by Crippen LogP contribution is -2.70. The van der Waals surface area contributed by atoms with Gasteiger partial charge >= 0.3 is 0 Å². The molecule has 0 aliphatic rings. The summed E-state index contributed by atoms with van der Waals surface area (Å²) in [5, 5.41) is 2.33. The summed E-state index contributed by atoms with van der Waals surface area (Å²) in [6, 6.07) is 3.60. The van der Waals surface area contributed by atoms with Crippen LogP contribution in [0.25, 0.3) is 0 Å². The highest BCUT2D eigenvalue weighted by Crippen LogP contribution is 2.05. The van der Waals surface area contributed by atoms with E-state index in [1.807, 2.05) is 6.07 Å². The number of halogens is 1. The van der Waals surface area contributed by atoms with Crippen LogP contribution in [0.4, 0.5) is 5.82 Å². The molecule has 0 bridgehead atoms. The first-order valence-corrected chi connectivity index (χ1v) is 2.95. The van der Waals surface area contributed by atoms with Crippen molar-refractivity contribution in [2.24, 2.45) is 0 Å². The molecule has 1 heterocycles.